The molecule has 1 fully saturated rings. The molecule has 0 amide bonds. The van der Waals surface area contributed by atoms with Gasteiger partial charge in [-0.25, -0.2) is 0 Å². The lowest BCUT2D eigenvalue weighted by molar-refractivity contribution is 1.14. The minimum absolute atomic E-state index is 1.23. The molecule has 1 saturated heterocycles. The summed E-state index contributed by atoms with van der Waals surface area (Å²) in [7, 11) is 1.23. The van der Waals surface area contributed by atoms with Crippen LogP contribution in [-0.2, 0) is 0 Å². The highest BCUT2D eigenvalue weighted by Crippen LogP contribution is 2.36. The van der Waals surface area contributed by atoms with E-state index in [1.54, 1.807) is 0 Å². The minimum atomic E-state index is 1.23. The molecule has 0 N–H and O–H groups in total. The van der Waals surface area contributed by atoms with Gasteiger partial charge in [-0.05, 0) is 18.3 Å². The maximum Gasteiger partial charge on any atom is -0.00248 e. The van der Waals surface area contributed by atoms with Gasteiger partial charge in [-0.3, -0.25) is 0 Å². The average molecular weight is 106 g/mol. The van der Waals surface area contributed by atoms with Gasteiger partial charge in [0.05, 0.1) is 0 Å². The fourth-order valence-corrected chi connectivity index (χ4v) is 3.25. The molecule has 5 heavy (non-hydrogen) atoms. The van der Waals surface area contributed by atoms with Gasteiger partial charge in [-0.2, -0.15) is 0 Å². The summed E-state index contributed by atoms with van der Waals surface area (Å²) in [6.45, 7) is 0. The molecule has 2 heteroatoms. The molecular formula is C3H7PS. The van der Waals surface area contributed by atoms with Crippen molar-refractivity contribution < 1.29 is 0 Å². The number of hydrogen-bond donors (Lipinski definition) is 0. The molecule has 0 aliphatic carbocycles. The van der Waals surface area contributed by atoms with Crippen molar-refractivity contribution in [3.63, 3.8) is 0 Å². The third-order valence-corrected chi connectivity index (χ3v) is 3.72. The van der Waals surface area contributed by atoms with Gasteiger partial charge in [0.1, 0.15) is 0 Å². The summed E-state index contributed by atoms with van der Waals surface area (Å²) in [5.74, 6) is 1.43. The van der Waals surface area contributed by atoms with Crippen LogP contribution in [0, 0.1) is 0 Å². The van der Waals surface area contributed by atoms with Gasteiger partial charge >= 0.3 is 0 Å². The molecule has 0 aromatic heterocycles. The van der Waals surface area contributed by atoms with Crippen LogP contribution in [0.5, 0.6) is 0 Å². The van der Waals surface area contributed by atoms with Crippen LogP contribution in [0.3, 0.4) is 0 Å². The van der Waals surface area contributed by atoms with Crippen LogP contribution < -0.4 is 0 Å². The van der Waals surface area contributed by atoms with Crippen molar-refractivity contribution in [3.05, 3.63) is 0 Å². The van der Waals surface area contributed by atoms with Gasteiger partial charge in [0.2, 0.25) is 0 Å². The van der Waals surface area contributed by atoms with Gasteiger partial charge in [0.25, 0.3) is 0 Å². The molecule has 1 unspecified atom stereocenters. The highest BCUT2D eigenvalue weighted by Gasteiger charge is 1.95. The Balaban J connectivity index is 2.08. The lowest BCUT2D eigenvalue weighted by atomic mass is 10.6. The Bertz CT molecular complexity index is 18.5. The summed E-state index contributed by atoms with van der Waals surface area (Å²) in [6.07, 6.45) is 2.97. The van der Waals surface area contributed by atoms with E-state index in [1.807, 2.05) is 0 Å². The third-order valence-electron chi connectivity index (χ3n) is 0.627. The van der Waals surface area contributed by atoms with Gasteiger partial charge in [-0.15, -0.1) is 11.4 Å². The molecule has 1 aliphatic rings. The van der Waals surface area contributed by atoms with Gasteiger partial charge in [0.15, 0.2) is 0 Å². The third kappa shape index (κ3) is 1.11. The smallest absolute Gasteiger partial charge is 0.00248 e. The monoisotopic (exact) mass is 106 g/mol. The van der Waals surface area contributed by atoms with Gasteiger partial charge in [-0.1, -0.05) is 7.78 Å². The van der Waals surface area contributed by atoms with E-state index in [0.717, 1.165) is 0 Å². The standard InChI is InChI=1S/C3H7PS/c1-2-4-5-3-1/h4H,1-3H2. The van der Waals surface area contributed by atoms with Crippen LogP contribution in [0.4, 0.5) is 0 Å². The van der Waals surface area contributed by atoms with Crippen molar-refractivity contribution in [1.29, 1.82) is 0 Å². The quantitative estimate of drug-likeness (QED) is 0.424. The average Bonchev–Trinajstić information content (AvgIpc) is 1.76. The molecule has 1 heterocycles. The van der Waals surface area contributed by atoms with Gasteiger partial charge in [0, 0.05) is 0 Å². The SMILES string of the molecule is C1CPSC1. The molecule has 0 spiro atoms. The van der Waals surface area contributed by atoms with Crippen LogP contribution in [-0.4, -0.2) is 11.9 Å². The van der Waals surface area contributed by atoms with Crippen molar-refractivity contribution in [2.75, 3.05) is 11.9 Å². The van der Waals surface area contributed by atoms with E-state index in [1.165, 1.54) is 26.1 Å². The van der Waals surface area contributed by atoms with Crippen LogP contribution in [0.15, 0.2) is 0 Å². The molecular weight excluding hydrogens is 99.1 g/mol. The summed E-state index contributed by atoms with van der Waals surface area (Å²) in [6, 6.07) is 0. The Morgan fingerprint density at radius 1 is 1.60 bits per heavy atom. The highest BCUT2D eigenvalue weighted by atomic mass is 32.7. The first-order valence-electron chi connectivity index (χ1n) is 1.85. The number of rotatable bonds is 0. The van der Waals surface area contributed by atoms with E-state index in [-0.39, 0.29) is 0 Å². The van der Waals surface area contributed by atoms with E-state index in [0.29, 0.717) is 0 Å². The van der Waals surface area contributed by atoms with Crippen LogP contribution in [0.2, 0.25) is 0 Å². The molecule has 1 atom stereocenters. The Morgan fingerprint density at radius 2 is 2.60 bits per heavy atom. The molecule has 0 radical (unpaired) electrons. The molecule has 1 rings (SSSR count). The largest absolute Gasteiger partial charge is 0.138 e. The molecule has 0 bridgehead atoms. The highest BCUT2D eigenvalue weighted by molar-refractivity contribution is 8.50. The lowest BCUT2D eigenvalue weighted by Gasteiger charge is -1.69. The Morgan fingerprint density at radius 3 is 2.80 bits per heavy atom. The van der Waals surface area contributed by atoms with Crippen molar-refractivity contribution in [2.45, 2.75) is 6.42 Å². The molecule has 30 valence electrons. The van der Waals surface area contributed by atoms with E-state index >= 15 is 0 Å². The lowest BCUT2D eigenvalue weighted by Crippen LogP contribution is -1.63. The second-order valence-electron chi connectivity index (χ2n) is 1.10. The maximum atomic E-state index is 2.10. The van der Waals surface area contributed by atoms with Crippen molar-refractivity contribution in [2.24, 2.45) is 0 Å². The second kappa shape index (κ2) is 2.04. The minimum Gasteiger partial charge on any atom is -0.138 e. The molecule has 0 aromatic carbocycles. The first kappa shape index (κ1) is 3.95. The van der Waals surface area contributed by atoms with Crippen LogP contribution in [0.1, 0.15) is 6.42 Å². The summed E-state index contributed by atoms with van der Waals surface area (Å²) >= 11 is 2.10. The predicted octanol–water partition coefficient (Wildman–Crippen LogP) is 1.72. The molecule has 0 aromatic rings. The van der Waals surface area contributed by atoms with Gasteiger partial charge < -0.3 is 0 Å². The van der Waals surface area contributed by atoms with Crippen LogP contribution >= 0.6 is 19.2 Å². The summed E-state index contributed by atoms with van der Waals surface area (Å²) in [5, 5.41) is 0. The first-order valence-corrected chi connectivity index (χ1v) is 4.76. The zero-order valence-corrected chi connectivity index (χ0v) is 4.85. The van der Waals surface area contributed by atoms with E-state index < -0.39 is 0 Å². The van der Waals surface area contributed by atoms with E-state index in [9.17, 15) is 0 Å². The normalized spacial score (nSPS) is 28.8. The topological polar surface area (TPSA) is 0 Å². The molecule has 0 saturated carbocycles. The Hall–Kier alpha value is 0.780. The van der Waals surface area contributed by atoms with Crippen molar-refractivity contribution in [3.8, 4) is 0 Å². The number of hydrogen-bond acceptors (Lipinski definition) is 1. The fraction of sp³-hybridized carbons (Fsp3) is 1.00. The Labute approximate surface area is 38.2 Å². The zero-order chi connectivity index (χ0) is 3.54. The van der Waals surface area contributed by atoms with E-state index in [4.69, 9.17) is 0 Å². The van der Waals surface area contributed by atoms with E-state index in [2.05, 4.69) is 11.4 Å². The summed E-state index contributed by atoms with van der Waals surface area (Å²) in [4.78, 5) is 0. The predicted molar refractivity (Wildman–Crippen MR) is 30.3 cm³/mol. The fourth-order valence-electron chi connectivity index (χ4n) is 0.361. The zero-order valence-electron chi connectivity index (χ0n) is 3.03. The maximum absolute atomic E-state index is 2.10. The molecule has 0 nitrogen and oxygen atoms in total. The first-order chi connectivity index (χ1) is 2.50. The van der Waals surface area contributed by atoms with Crippen LogP contribution in [0.25, 0.3) is 0 Å². The second-order valence-corrected chi connectivity index (χ2v) is 4.31. The summed E-state index contributed by atoms with van der Waals surface area (Å²) in [5.41, 5.74) is 0. The Kier molecular flexibility index (Phi) is 1.62. The van der Waals surface area contributed by atoms with Crippen molar-refractivity contribution in [1.82, 2.24) is 0 Å². The van der Waals surface area contributed by atoms with Crippen molar-refractivity contribution >= 4 is 19.2 Å². The summed E-state index contributed by atoms with van der Waals surface area (Å²) < 4.78 is 0. The molecule has 1 aliphatic heterocycles.